The number of amides is 2. The highest BCUT2D eigenvalue weighted by molar-refractivity contribution is 7.89. The maximum atomic E-state index is 12.9. The number of carbonyl (C=O) groups is 1. The van der Waals surface area contributed by atoms with Gasteiger partial charge in [0.2, 0.25) is 10.0 Å². The quantitative estimate of drug-likeness (QED) is 0.657. The lowest BCUT2D eigenvalue weighted by molar-refractivity contribution is 0.183. The number of urea groups is 1. The average Bonchev–Trinajstić information content (AvgIpc) is 2.79. The van der Waals surface area contributed by atoms with E-state index in [1.165, 1.54) is 7.11 Å². The zero-order valence-corrected chi connectivity index (χ0v) is 19.8. The van der Waals surface area contributed by atoms with Gasteiger partial charge in [-0.3, -0.25) is 0 Å². The van der Waals surface area contributed by atoms with Crippen molar-refractivity contribution < 1.29 is 22.7 Å². The number of nitrogens with zero attached hydrogens (tertiary/aromatic N) is 1. The van der Waals surface area contributed by atoms with E-state index >= 15 is 0 Å². The van der Waals surface area contributed by atoms with Gasteiger partial charge in [0.05, 0.1) is 19.9 Å². The molecule has 1 aliphatic heterocycles. The molecule has 32 heavy (non-hydrogen) atoms. The number of hydrogen-bond acceptors (Lipinski definition) is 5. The number of aryl methyl sites for hydroxylation is 2. The van der Waals surface area contributed by atoms with Crippen LogP contribution in [0, 0.1) is 19.8 Å². The molecule has 2 aromatic carbocycles. The predicted octanol–water partition coefficient (Wildman–Crippen LogP) is 3.54. The van der Waals surface area contributed by atoms with Crippen molar-refractivity contribution in [1.29, 1.82) is 0 Å². The summed E-state index contributed by atoms with van der Waals surface area (Å²) in [6, 6.07) is 10.4. The predicted molar refractivity (Wildman–Crippen MR) is 124 cm³/mol. The summed E-state index contributed by atoms with van der Waals surface area (Å²) in [6.07, 6.45) is 1.43. The highest BCUT2D eigenvalue weighted by atomic mass is 32.2. The zero-order chi connectivity index (χ0) is 23.3. The number of likely N-dealkylation sites (tertiary alicyclic amines) is 1. The number of anilines is 1. The molecule has 0 bridgehead atoms. The van der Waals surface area contributed by atoms with E-state index in [2.05, 4.69) is 10.0 Å². The first-order valence-electron chi connectivity index (χ1n) is 10.6. The summed E-state index contributed by atoms with van der Waals surface area (Å²) in [5.74, 6) is 1.09. The van der Waals surface area contributed by atoms with Crippen molar-refractivity contribution >= 4 is 21.7 Å². The Hall–Kier alpha value is -2.78. The maximum absolute atomic E-state index is 12.9. The molecule has 0 unspecified atom stereocenters. The second kappa shape index (κ2) is 10.2. The summed E-state index contributed by atoms with van der Waals surface area (Å²) in [5.41, 5.74) is 2.48. The summed E-state index contributed by atoms with van der Waals surface area (Å²) in [7, 11) is -0.674. The Balaban J connectivity index is 1.55. The van der Waals surface area contributed by atoms with E-state index < -0.39 is 10.0 Å². The number of methoxy groups -OCH3 is 2. The molecule has 2 amide bonds. The van der Waals surface area contributed by atoms with E-state index in [9.17, 15) is 13.2 Å². The van der Waals surface area contributed by atoms with Crippen LogP contribution in [0.15, 0.2) is 41.3 Å². The van der Waals surface area contributed by atoms with E-state index in [1.807, 2.05) is 26.0 Å². The van der Waals surface area contributed by atoms with E-state index in [4.69, 9.17) is 9.47 Å². The SMILES string of the molecule is COc1ccccc1NC(=O)N1CCC(CNS(=O)(=O)c2cc(C)c(C)cc2OC)CC1. The molecule has 0 spiro atoms. The fraction of sp³-hybridized carbons (Fsp3) is 0.435. The van der Waals surface area contributed by atoms with Crippen LogP contribution in [0.25, 0.3) is 0 Å². The number of nitrogens with one attached hydrogen (secondary N) is 2. The van der Waals surface area contributed by atoms with E-state index in [0.29, 0.717) is 49.7 Å². The molecule has 1 saturated heterocycles. The van der Waals surface area contributed by atoms with Gasteiger partial charge < -0.3 is 19.7 Å². The van der Waals surface area contributed by atoms with Gasteiger partial charge in [0.15, 0.2) is 0 Å². The first-order valence-corrected chi connectivity index (χ1v) is 12.1. The first kappa shape index (κ1) is 23.9. The van der Waals surface area contributed by atoms with Crippen molar-refractivity contribution in [3.05, 3.63) is 47.5 Å². The van der Waals surface area contributed by atoms with Crippen molar-refractivity contribution in [3.63, 3.8) is 0 Å². The van der Waals surface area contributed by atoms with Crippen LogP contribution < -0.4 is 19.5 Å². The number of hydrogen-bond donors (Lipinski definition) is 2. The Morgan fingerprint density at radius 1 is 1.03 bits per heavy atom. The van der Waals surface area contributed by atoms with Gasteiger partial charge in [-0.25, -0.2) is 17.9 Å². The standard InChI is InChI=1S/C23H31N3O5S/c1-16-13-21(31-4)22(14-17(16)2)32(28,29)24-15-18-9-11-26(12-10-18)23(27)25-19-7-5-6-8-20(19)30-3/h5-8,13-14,18,24H,9-12,15H2,1-4H3,(H,25,27). The molecule has 0 aliphatic carbocycles. The highest BCUT2D eigenvalue weighted by Gasteiger charge is 2.26. The number of sulfonamides is 1. The third-order valence-electron chi connectivity index (χ3n) is 5.88. The van der Waals surface area contributed by atoms with E-state index in [-0.39, 0.29) is 16.8 Å². The molecular formula is C23H31N3O5S. The van der Waals surface area contributed by atoms with E-state index in [0.717, 1.165) is 11.1 Å². The monoisotopic (exact) mass is 461 g/mol. The van der Waals surface area contributed by atoms with Crippen LogP contribution >= 0.6 is 0 Å². The minimum atomic E-state index is -3.70. The topological polar surface area (TPSA) is 97.0 Å². The molecule has 1 aliphatic rings. The number of carbonyl (C=O) groups excluding carboxylic acids is 1. The lowest BCUT2D eigenvalue weighted by Gasteiger charge is -2.32. The Morgan fingerprint density at radius 2 is 1.66 bits per heavy atom. The zero-order valence-electron chi connectivity index (χ0n) is 19.0. The van der Waals surface area contributed by atoms with Crippen molar-refractivity contribution in [2.45, 2.75) is 31.6 Å². The fourth-order valence-electron chi connectivity index (χ4n) is 3.72. The normalized spacial score (nSPS) is 14.8. The summed E-state index contributed by atoms with van der Waals surface area (Å²) in [5, 5.41) is 2.88. The minimum Gasteiger partial charge on any atom is -0.495 e. The summed E-state index contributed by atoms with van der Waals surface area (Å²) < 4.78 is 39.0. The number of para-hydroxylation sites is 2. The highest BCUT2D eigenvalue weighted by Crippen LogP contribution is 2.28. The Labute approximate surface area is 190 Å². The van der Waals surface area contributed by atoms with Gasteiger partial charge in [-0.2, -0.15) is 0 Å². The van der Waals surface area contributed by atoms with Gasteiger partial charge in [0.25, 0.3) is 0 Å². The van der Waals surface area contributed by atoms with Crippen LogP contribution in [0.3, 0.4) is 0 Å². The molecule has 1 fully saturated rings. The lowest BCUT2D eigenvalue weighted by Crippen LogP contribution is -2.43. The molecule has 2 N–H and O–H groups in total. The van der Waals surface area contributed by atoms with Gasteiger partial charge in [-0.05, 0) is 68.0 Å². The van der Waals surface area contributed by atoms with Crippen LogP contribution in [0.4, 0.5) is 10.5 Å². The van der Waals surface area contributed by atoms with Gasteiger partial charge in [-0.1, -0.05) is 12.1 Å². The number of benzene rings is 2. The molecule has 174 valence electrons. The third-order valence-corrected chi connectivity index (χ3v) is 7.33. The molecule has 1 heterocycles. The molecule has 2 aromatic rings. The van der Waals surface area contributed by atoms with Crippen molar-refractivity contribution in [2.24, 2.45) is 5.92 Å². The molecule has 0 saturated carbocycles. The number of ether oxygens (including phenoxy) is 2. The summed E-state index contributed by atoms with van der Waals surface area (Å²) in [4.78, 5) is 14.5. The van der Waals surface area contributed by atoms with E-state index in [1.54, 1.807) is 36.3 Å². The van der Waals surface area contributed by atoms with Crippen LogP contribution in [0.1, 0.15) is 24.0 Å². The maximum Gasteiger partial charge on any atom is 0.321 e. The van der Waals surface area contributed by atoms with Crippen LogP contribution in [-0.4, -0.2) is 53.2 Å². The molecule has 9 heteroatoms. The number of piperidine rings is 1. The average molecular weight is 462 g/mol. The van der Waals surface area contributed by atoms with Crippen LogP contribution in [0.5, 0.6) is 11.5 Å². The largest absolute Gasteiger partial charge is 0.495 e. The smallest absolute Gasteiger partial charge is 0.321 e. The summed E-state index contributed by atoms with van der Waals surface area (Å²) in [6.45, 7) is 5.22. The number of rotatable bonds is 7. The Morgan fingerprint density at radius 3 is 2.31 bits per heavy atom. The molecular weight excluding hydrogens is 430 g/mol. The van der Waals surface area contributed by atoms with Crippen molar-refractivity contribution in [2.75, 3.05) is 39.2 Å². The fourth-order valence-corrected chi connectivity index (χ4v) is 5.07. The molecule has 0 atom stereocenters. The van der Waals surface area contributed by atoms with Crippen molar-refractivity contribution in [1.82, 2.24) is 9.62 Å². The minimum absolute atomic E-state index is 0.150. The van der Waals surface area contributed by atoms with Gasteiger partial charge in [-0.15, -0.1) is 0 Å². The second-order valence-corrected chi connectivity index (χ2v) is 9.74. The summed E-state index contributed by atoms with van der Waals surface area (Å²) >= 11 is 0. The third kappa shape index (κ3) is 5.52. The molecule has 0 radical (unpaired) electrons. The molecule has 8 nitrogen and oxygen atoms in total. The van der Waals surface area contributed by atoms with Gasteiger partial charge in [0, 0.05) is 19.6 Å². The lowest BCUT2D eigenvalue weighted by atomic mass is 9.97. The van der Waals surface area contributed by atoms with Gasteiger partial charge >= 0.3 is 6.03 Å². The Bertz CT molecular complexity index is 1060. The first-order chi connectivity index (χ1) is 15.2. The Kier molecular flexibility index (Phi) is 7.63. The van der Waals surface area contributed by atoms with Crippen LogP contribution in [-0.2, 0) is 10.0 Å². The van der Waals surface area contributed by atoms with Crippen molar-refractivity contribution in [3.8, 4) is 11.5 Å². The molecule has 3 rings (SSSR count). The van der Waals surface area contributed by atoms with Gasteiger partial charge in [0.1, 0.15) is 16.4 Å². The second-order valence-electron chi connectivity index (χ2n) is 8.00. The molecule has 0 aromatic heterocycles. The van der Waals surface area contributed by atoms with Crippen LogP contribution in [0.2, 0.25) is 0 Å².